The summed E-state index contributed by atoms with van der Waals surface area (Å²) in [5.74, 6) is -0.571. The van der Waals surface area contributed by atoms with Crippen molar-refractivity contribution in [2.45, 2.75) is 5.92 Å². The highest BCUT2D eigenvalue weighted by Gasteiger charge is 2.21. The summed E-state index contributed by atoms with van der Waals surface area (Å²) in [5, 5.41) is 9.31. The molecule has 1 aromatic heterocycles. The van der Waals surface area contributed by atoms with Gasteiger partial charge in [0.1, 0.15) is 0 Å². The lowest BCUT2D eigenvalue weighted by Crippen LogP contribution is -2.16. The summed E-state index contributed by atoms with van der Waals surface area (Å²) in [5.41, 5.74) is 1.37. The van der Waals surface area contributed by atoms with Gasteiger partial charge in [0.15, 0.2) is 5.78 Å². The maximum Gasteiger partial charge on any atom is 0.188 e. The predicted molar refractivity (Wildman–Crippen MR) is 61.4 cm³/mol. The molecule has 3 heteroatoms. The Labute approximate surface area is 93.7 Å². The summed E-state index contributed by atoms with van der Waals surface area (Å²) in [6.07, 6.45) is 1.70. The van der Waals surface area contributed by atoms with Crippen LogP contribution in [-0.4, -0.2) is 22.5 Å². The Bertz CT molecular complexity index is 448. The molecule has 1 unspecified atom stereocenters. The van der Waals surface area contributed by atoms with Crippen LogP contribution in [-0.2, 0) is 0 Å². The highest BCUT2D eigenvalue weighted by molar-refractivity contribution is 5.99. The van der Waals surface area contributed by atoms with Crippen LogP contribution in [0.15, 0.2) is 48.7 Å². The Morgan fingerprint density at radius 1 is 1.19 bits per heavy atom. The summed E-state index contributed by atoms with van der Waals surface area (Å²) < 4.78 is 0. The van der Waals surface area contributed by atoms with Gasteiger partial charge in [0, 0.05) is 6.20 Å². The lowest BCUT2D eigenvalue weighted by atomic mass is 9.94. The number of nitrogens with one attached hydrogen (secondary N) is 1. The zero-order chi connectivity index (χ0) is 11.4. The number of aromatic nitrogens is 1. The second kappa shape index (κ2) is 4.77. The lowest BCUT2D eigenvalue weighted by Gasteiger charge is -2.12. The molecule has 1 atom stereocenters. The monoisotopic (exact) mass is 215 g/mol. The van der Waals surface area contributed by atoms with Gasteiger partial charge in [-0.05, 0) is 17.7 Å². The molecule has 2 aromatic rings. The molecular formula is C13H13NO2. The normalized spacial score (nSPS) is 12.3. The quantitative estimate of drug-likeness (QED) is 0.766. The first-order chi connectivity index (χ1) is 7.83. The second-order valence-electron chi connectivity index (χ2n) is 3.59. The largest absolute Gasteiger partial charge is 0.395 e. The van der Waals surface area contributed by atoms with E-state index < -0.39 is 5.92 Å². The number of rotatable bonds is 4. The number of aliphatic hydroxyl groups is 1. The SMILES string of the molecule is O=C(c1ccc[nH]1)C(CO)c1ccccc1. The number of aromatic amines is 1. The molecule has 0 spiro atoms. The zero-order valence-electron chi connectivity index (χ0n) is 8.76. The number of carbonyl (C=O) groups is 1. The maximum atomic E-state index is 12.0. The smallest absolute Gasteiger partial charge is 0.188 e. The van der Waals surface area contributed by atoms with Crippen molar-refractivity contribution in [1.29, 1.82) is 0 Å². The van der Waals surface area contributed by atoms with Gasteiger partial charge in [-0.2, -0.15) is 0 Å². The minimum absolute atomic E-state index is 0.0845. The summed E-state index contributed by atoms with van der Waals surface area (Å²) in [7, 11) is 0. The van der Waals surface area contributed by atoms with Crippen molar-refractivity contribution in [3.63, 3.8) is 0 Å². The van der Waals surface area contributed by atoms with Crippen LogP contribution in [0.3, 0.4) is 0 Å². The Morgan fingerprint density at radius 2 is 1.94 bits per heavy atom. The van der Waals surface area contributed by atoms with Gasteiger partial charge in [-0.1, -0.05) is 30.3 Å². The predicted octanol–water partition coefficient (Wildman–Crippen LogP) is 1.97. The molecule has 3 nitrogen and oxygen atoms in total. The van der Waals surface area contributed by atoms with E-state index in [1.54, 1.807) is 18.3 Å². The molecule has 0 aliphatic heterocycles. The van der Waals surface area contributed by atoms with Crippen molar-refractivity contribution in [2.75, 3.05) is 6.61 Å². The van der Waals surface area contributed by atoms with Crippen LogP contribution in [0.4, 0.5) is 0 Å². The van der Waals surface area contributed by atoms with E-state index in [4.69, 9.17) is 0 Å². The zero-order valence-corrected chi connectivity index (χ0v) is 8.76. The highest BCUT2D eigenvalue weighted by Crippen LogP contribution is 2.19. The van der Waals surface area contributed by atoms with E-state index in [2.05, 4.69) is 4.98 Å². The number of carbonyl (C=O) groups excluding carboxylic acids is 1. The fourth-order valence-corrected chi connectivity index (χ4v) is 1.70. The van der Waals surface area contributed by atoms with Crippen molar-refractivity contribution in [2.24, 2.45) is 0 Å². The van der Waals surface area contributed by atoms with Gasteiger partial charge in [-0.25, -0.2) is 0 Å². The van der Waals surface area contributed by atoms with Gasteiger partial charge >= 0.3 is 0 Å². The van der Waals surface area contributed by atoms with Gasteiger partial charge in [0.05, 0.1) is 18.2 Å². The molecule has 0 saturated heterocycles. The van der Waals surface area contributed by atoms with E-state index in [0.717, 1.165) is 5.56 Å². The molecule has 2 N–H and O–H groups in total. The van der Waals surface area contributed by atoms with Crippen LogP contribution in [0.2, 0.25) is 0 Å². The molecule has 0 saturated carbocycles. The van der Waals surface area contributed by atoms with E-state index >= 15 is 0 Å². The lowest BCUT2D eigenvalue weighted by molar-refractivity contribution is 0.0918. The summed E-state index contributed by atoms with van der Waals surface area (Å²) in [6, 6.07) is 12.8. The number of hydrogen-bond donors (Lipinski definition) is 2. The molecule has 0 bridgehead atoms. The summed E-state index contributed by atoms with van der Waals surface area (Å²) in [4.78, 5) is 14.9. The van der Waals surface area contributed by atoms with E-state index in [1.807, 2.05) is 30.3 Å². The molecule has 16 heavy (non-hydrogen) atoms. The minimum Gasteiger partial charge on any atom is -0.395 e. The molecular weight excluding hydrogens is 202 g/mol. The number of hydrogen-bond acceptors (Lipinski definition) is 2. The third-order valence-electron chi connectivity index (χ3n) is 2.56. The van der Waals surface area contributed by atoms with E-state index in [0.29, 0.717) is 5.69 Å². The third kappa shape index (κ3) is 2.04. The molecule has 0 radical (unpaired) electrons. The van der Waals surface area contributed by atoms with Gasteiger partial charge in [0.25, 0.3) is 0 Å². The summed E-state index contributed by atoms with van der Waals surface area (Å²) in [6.45, 7) is -0.179. The number of Topliss-reactive ketones (excluding diaryl/α,β-unsaturated/α-hetero) is 1. The molecule has 0 amide bonds. The molecule has 1 aromatic carbocycles. The average molecular weight is 215 g/mol. The Morgan fingerprint density at radius 3 is 2.50 bits per heavy atom. The molecule has 0 fully saturated rings. The molecule has 2 rings (SSSR count). The fraction of sp³-hybridized carbons (Fsp3) is 0.154. The van der Waals surface area contributed by atoms with Crippen molar-refractivity contribution >= 4 is 5.78 Å². The van der Waals surface area contributed by atoms with Crippen molar-refractivity contribution < 1.29 is 9.90 Å². The van der Waals surface area contributed by atoms with E-state index in [1.165, 1.54) is 0 Å². The van der Waals surface area contributed by atoms with Crippen LogP contribution >= 0.6 is 0 Å². The van der Waals surface area contributed by atoms with Crippen molar-refractivity contribution in [3.05, 3.63) is 59.9 Å². The molecule has 0 aliphatic carbocycles. The highest BCUT2D eigenvalue weighted by atomic mass is 16.3. The average Bonchev–Trinajstić information content (AvgIpc) is 2.85. The minimum atomic E-state index is -0.486. The Balaban J connectivity index is 2.27. The molecule has 1 heterocycles. The third-order valence-corrected chi connectivity index (χ3v) is 2.56. The standard InChI is InChI=1S/C13H13NO2/c15-9-11(10-5-2-1-3-6-10)13(16)12-7-4-8-14-12/h1-8,11,14-15H,9H2. The van der Waals surface area contributed by atoms with Crippen LogP contribution < -0.4 is 0 Å². The first-order valence-corrected chi connectivity index (χ1v) is 5.16. The van der Waals surface area contributed by atoms with Crippen molar-refractivity contribution in [1.82, 2.24) is 4.98 Å². The van der Waals surface area contributed by atoms with Crippen LogP contribution in [0.25, 0.3) is 0 Å². The van der Waals surface area contributed by atoms with Gasteiger partial charge in [-0.3, -0.25) is 4.79 Å². The Kier molecular flexibility index (Phi) is 3.17. The summed E-state index contributed by atoms with van der Waals surface area (Å²) >= 11 is 0. The topological polar surface area (TPSA) is 53.1 Å². The van der Waals surface area contributed by atoms with Crippen LogP contribution in [0, 0.1) is 0 Å². The maximum absolute atomic E-state index is 12.0. The van der Waals surface area contributed by atoms with Gasteiger partial charge < -0.3 is 10.1 Å². The molecule has 0 aliphatic rings. The first kappa shape index (κ1) is 10.6. The van der Waals surface area contributed by atoms with E-state index in [-0.39, 0.29) is 12.4 Å². The van der Waals surface area contributed by atoms with Gasteiger partial charge in [-0.15, -0.1) is 0 Å². The van der Waals surface area contributed by atoms with E-state index in [9.17, 15) is 9.90 Å². The second-order valence-corrected chi connectivity index (χ2v) is 3.59. The number of benzene rings is 1. The molecule has 82 valence electrons. The number of aliphatic hydroxyl groups excluding tert-OH is 1. The Hall–Kier alpha value is -1.87. The van der Waals surface area contributed by atoms with Gasteiger partial charge in [0.2, 0.25) is 0 Å². The van der Waals surface area contributed by atoms with Crippen LogP contribution in [0.5, 0.6) is 0 Å². The fourth-order valence-electron chi connectivity index (χ4n) is 1.70. The van der Waals surface area contributed by atoms with Crippen molar-refractivity contribution in [3.8, 4) is 0 Å². The number of ketones is 1. The first-order valence-electron chi connectivity index (χ1n) is 5.16. The van der Waals surface area contributed by atoms with Crippen LogP contribution in [0.1, 0.15) is 22.0 Å². The number of H-pyrrole nitrogens is 1.